The first-order valence-electron chi connectivity index (χ1n) is 6.88. The van der Waals surface area contributed by atoms with Crippen molar-refractivity contribution in [3.8, 4) is 0 Å². The van der Waals surface area contributed by atoms with E-state index in [2.05, 4.69) is 19.8 Å². The van der Waals surface area contributed by atoms with Crippen molar-refractivity contribution in [3.05, 3.63) is 35.8 Å². The van der Waals surface area contributed by atoms with E-state index >= 15 is 0 Å². The Morgan fingerprint density at radius 1 is 1.43 bits per heavy atom. The van der Waals surface area contributed by atoms with Crippen molar-refractivity contribution in [2.45, 2.75) is 19.9 Å². The largest absolute Gasteiger partial charge is 0.370 e. The van der Waals surface area contributed by atoms with Crippen molar-refractivity contribution in [2.24, 2.45) is 5.73 Å². The average Bonchev–Trinajstić information content (AvgIpc) is 3.12. The fourth-order valence-electron chi connectivity index (χ4n) is 2.04. The second-order valence-corrected chi connectivity index (χ2v) is 5.73. The molecule has 0 aliphatic carbocycles. The van der Waals surface area contributed by atoms with Crippen LogP contribution in [0.2, 0.25) is 0 Å². The Morgan fingerprint density at radius 2 is 2.26 bits per heavy atom. The zero-order valence-corrected chi connectivity index (χ0v) is 13.1. The molecule has 0 atom stereocenters. The highest BCUT2D eigenvalue weighted by Crippen LogP contribution is 2.21. The molecule has 0 aliphatic heterocycles. The number of primary amides is 1. The molecular weight excluding hydrogens is 316 g/mol. The van der Waals surface area contributed by atoms with Gasteiger partial charge < -0.3 is 11.1 Å². The number of fused-ring (bicyclic) bond motifs is 1. The Hall–Kier alpha value is -2.81. The summed E-state index contributed by atoms with van der Waals surface area (Å²) in [7, 11) is 0. The molecule has 3 heterocycles. The maximum Gasteiger partial charge on any atom is 0.258 e. The van der Waals surface area contributed by atoms with Crippen LogP contribution in [0.1, 0.15) is 22.5 Å². The van der Waals surface area contributed by atoms with E-state index in [0.717, 1.165) is 15.9 Å². The fraction of sp³-hybridized carbons (Fsp3) is 0.214. The van der Waals surface area contributed by atoms with E-state index in [4.69, 9.17) is 5.73 Å². The highest BCUT2D eigenvalue weighted by molar-refractivity contribution is 7.12. The molecule has 0 radical (unpaired) electrons. The molecule has 8 nitrogen and oxygen atoms in total. The van der Waals surface area contributed by atoms with Crippen LogP contribution >= 0.6 is 11.5 Å². The number of pyridine rings is 1. The Balaban J connectivity index is 1.72. The van der Waals surface area contributed by atoms with Crippen molar-refractivity contribution in [2.75, 3.05) is 5.32 Å². The number of hydrogen-bond donors (Lipinski definition) is 2. The molecule has 0 saturated carbocycles. The number of amides is 2. The van der Waals surface area contributed by atoms with Crippen molar-refractivity contribution < 1.29 is 9.59 Å². The van der Waals surface area contributed by atoms with Gasteiger partial charge in [0.15, 0.2) is 5.82 Å². The summed E-state index contributed by atoms with van der Waals surface area (Å²) in [5.74, 6) is -0.296. The van der Waals surface area contributed by atoms with Gasteiger partial charge in [-0.15, -0.1) is 0 Å². The average molecular weight is 330 g/mol. The molecule has 3 N–H and O–H groups in total. The van der Waals surface area contributed by atoms with E-state index in [9.17, 15) is 9.59 Å². The highest BCUT2D eigenvalue weighted by Gasteiger charge is 2.12. The third-order valence-electron chi connectivity index (χ3n) is 3.24. The SMILES string of the molecule is Cc1nsc2ncc(C(=O)Nc3ccn(CCC(N)=O)n3)cc12. The smallest absolute Gasteiger partial charge is 0.258 e. The summed E-state index contributed by atoms with van der Waals surface area (Å²) in [6.07, 6.45) is 3.38. The van der Waals surface area contributed by atoms with Gasteiger partial charge in [0.1, 0.15) is 4.83 Å². The predicted octanol–water partition coefficient (Wildman–Crippen LogP) is 1.32. The summed E-state index contributed by atoms with van der Waals surface area (Å²) in [6.45, 7) is 2.25. The molecule has 0 fully saturated rings. The summed E-state index contributed by atoms with van der Waals surface area (Å²) >= 11 is 1.30. The van der Waals surface area contributed by atoms with Crippen LogP contribution < -0.4 is 11.1 Å². The number of rotatable bonds is 5. The number of anilines is 1. The normalized spacial score (nSPS) is 10.8. The highest BCUT2D eigenvalue weighted by atomic mass is 32.1. The van der Waals surface area contributed by atoms with Crippen molar-refractivity contribution in [3.63, 3.8) is 0 Å². The number of nitrogens with two attached hydrogens (primary N) is 1. The lowest BCUT2D eigenvalue weighted by Gasteiger charge is -2.02. The zero-order chi connectivity index (χ0) is 16.4. The predicted molar refractivity (Wildman–Crippen MR) is 86.1 cm³/mol. The molecule has 23 heavy (non-hydrogen) atoms. The van der Waals surface area contributed by atoms with Crippen LogP contribution in [-0.2, 0) is 11.3 Å². The molecule has 0 bridgehead atoms. The van der Waals surface area contributed by atoms with Crippen LogP contribution in [0.15, 0.2) is 24.5 Å². The van der Waals surface area contributed by atoms with E-state index in [-0.39, 0.29) is 12.3 Å². The Bertz CT molecular complexity index is 884. The van der Waals surface area contributed by atoms with Gasteiger partial charge in [-0.05, 0) is 24.5 Å². The number of nitrogens with zero attached hydrogens (tertiary/aromatic N) is 4. The second-order valence-electron chi connectivity index (χ2n) is 4.98. The topological polar surface area (TPSA) is 116 Å². The van der Waals surface area contributed by atoms with Gasteiger partial charge >= 0.3 is 0 Å². The van der Waals surface area contributed by atoms with Crippen LogP contribution in [0.4, 0.5) is 5.82 Å². The number of carbonyl (C=O) groups is 2. The summed E-state index contributed by atoms with van der Waals surface area (Å²) in [5, 5.41) is 7.73. The Morgan fingerprint density at radius 3 is 3.04 bits per heavy atom. The molecule has 3 aromatic rings. The van der Waals surface area contributed by atoms with Gasteiger partial charge in [-0.1, -0.05) is 0 Å². The van der Waals surface area contributed by atoms with Crippen molar-refractivity contribution >= 4 is 39.4 Å². The Kier molecular flexibility index (Phi) is 4.02. The molecule has 9 heteroatoms. The van der Waals surface area contributed by atoms with Crippen LogP contribution in [0.3, 0.4) is 0 Å². The van der Waals surface area contributed by atoms with E-state index in [0.29, 0.717) is 17.9 Å². The number of aromatic nitrogens is 4. The van der Waals surface area contributed by atoms with Gasteiger partial charge in [-0.3, -0.25) is 14.3 Å². The molecule has 3 rings (SSSR count). The maximum atomic E-state index is 12.3. The molecule has 0 unspecified atom stereocenters. The Labute approximate surface area is 135 Å². The standard InChI is InChI=1S/C14H14N6O2S/c1-8-10-6-9(7-16-14(10)23-19-8)13(22)17-12-3-5-20(18-12)4-2-11(15)21/h3,5-7H,2,4H2,1H3,(H2,15,21)(H,17,18,22). The van der Waals surface area contributed by atoms with Crippen molar-refractivity contribution in [1.29, 1.82) is 0 Å². The van der Waals surface area contributed by atoms with E-state index < -0.39 is 5.91 Å². The summed E-state index contributed by atoms with van der Waals surface area (Å²) < 4.78 is 5.76. The lowest BCUT2D eigenvalue weighted by Crippen LogP contribution is -2.15. The molecule has 0 aromatic carbocycles. The van der Waals surface area contributed by atoms with Crippen LogP contribution in [0.5, 0.6) is 0 Å². The molecule has 118 valence electrons. The molecule has 0 aliphatic rings. The fourth-order valence-corrected chi connectivity index (χ4v) is 2.76. The first-order valence-corrected chi connectivity index (χ1v) is 7.65. The molecule has 3 aromatic heterocycles. The molecule has 2 amide bonds. The van der Waals surface area contributed by atoms with Crippen LogP contribution in [0.25, 0.3) is 10.2 Å². The van der Waals surface area contributed by atoms with Crippen LogP contribution in [-0.4, -0.2) is 31.0 Å². The van der Waals surface area contributed by atoms with E-state index in [1.807, 2.05) is 6.92 Å². The summed E-state index contributed by atoms with van der Waals surface area (Å²) in [6, 6.07) is 3.42. The maximum absolute atomic E-state index is 12.3. The second kappa shape index (κ2) is 6.13. The monoisotopic (exact) mass is 330 g/mol. The first kappa shape index (κ1) is 15.1. The molecule has 0 spiro atoms. The van der Waals surface area contributed by atoms with E-state index in [1.54, 1.807) is 23.0 Å². The first-order chi connectivity index (χ1) is 11.0. The molecular formula is C14H14N6O2S. The van der Waals surface area contributed by atoms with Gasteiger partial charge in [0.2, 0.25) is 5.91 Å². The summed E-state index contributed by atoms with van der Waals surface area (Å²) in [5.41, 5.74) is 6.38. The van der Waals surface area contributed by atoms with Gasteiger partial charge in [0.05, 0.1) is 11.3 Å². The minimum absolute atomic E-state index is 0.195. The van der Waals surface area contributed by atoms with Gasteiger partial charge in [0, 0.05) is 36.8 Å². The number of aryl methyl sites for hydroxylation is 2. The van der Waals surface area contributed by atoms with Gasteiger partial charge in [0.25, 0.3) is 5.91 Å². The summed E-state index contributed by atoms with van der Waals surface area (Å²) in [4.78, 5) is 28.1. The lowest BCUT2D eigenvalue weighted by molar-refractivity contribution is -0.118. The third kappa shape index (κ3) is 3.34. The van der Waals surface area contributed by atoms with Gasteiger partial charge in [-0.25, -0.2) is 4.98 Å². The third-order valence-corrected chi connectivity index (χ3v) is 4.11. The quantitative estimate of drug-likeness (QED) is 0.732. The minimum atomic E-state index is -0.398. The number of hydrogen-bond acceptors (Lipinski definition) is 6. The zero-order valence-electron chi connectivity index (χ0n) is 12.3. The number of nitrogens with one attached hydrogen (secondary N) is 1. The van der Waals surface area contributed by atoms with Crippen molar-refractivity contribution in [1.82, 2.24) is 19.1 Å². The number of carbonyl (C=O) groups excluding carboxylic acids is 2. The van der Waals surface area contributed by atoms with Gasteiger partial charge in [-0.2, -0.15) is 9.47 Å². The molecule has 0 saturated heterocycles. The van der Waals surface area contributed by atoms with E-state index in [1.165, 1.54) is 17.7 Å². The lowest BCUT2D eigenvalue weighted by atomic mass is 10.2. The minimum Gasteiger partial charge on any atom is -0.370 e. The van der Waals surface area contributed by atoms with Crippen LogP contribution in [0, 0.1) is 6.92 Å².